The molecule has 4 unspecified atom stereocenters. The van der Waals surface area contributed by atoms with Gasteiger partial charge in [0.25, 0.3) is 0 Å². The molecule has 0 spiro atoms. The third-order valence-electron chi connectivity index (χ3n) is 5.54. The molecule has 0 aliphatic heterocycles. The fourth-order valence-corrected chi connectivity index (χ4v) is 4.67. The summed E-state index contributed by atoms with van der Waals surface area (Å²) < 4.78 is 0. The van der Waals surface area contributed by atoms with Crippen LogP contribution in [0.15, 0.2) is 0 Å². The molecule has 16 heavy (non-hydrogen) atoms. The quantitative estimate of drug-likeness (QED) is 0.765. The molecular weight excluding hydrogens is 194 g/mol. The number of hydrogen-bond acceptors (Lipinski definition) is 1. The van der Waals surface area contributed by atoms with Crippen LogP contribution in [0.1, 0.15) is 64.7 Å². The Morgan fingerprint density at radius 2 is 1.75 bits per heavy atom. The Morgan fingerprint density at radius 3 is 2.38 bits per heavy atom. The lowest BCUT2D eigenvalue weighted by molar-refractivity contribution is 0.228. The van der Waals surface area contributed by atoms with Crippen LogP contribution in [0, 0.1) is 17.8 Å². The van der Waals surface area contributed by atoms with Gasteiger partial charge in [0.2, 0.25) is 0 Å². The molecule has 0 aromatic heterocycles. The predicted molar refractivity (Wildman–Crippen MR) is 68.4 cm³/mol. The maximum absolute atomic E-state index is 3.95. The Hall–Kier alpha value is -0.0400. The topological polar surface area (TPSA) is 12.0 Å². The average Bonchev–Trinajstić information content (AvgIpc) is 2.92. The lowest BCUT2D eigenvalue weighted by Crippen LogP contribution is -2.43. The first-order chi connectivity index (χ1) is 7.83. The summed E-state index contributed by atoms with van der Waals surface area (Å²) in [5.41, 5.74) is 0. The molecule has 0 amide bonds. The predicted octanol–water partition coefficient (Wildman–Crippen LogP) is 3.73. The van der Waals surface area contributed by atoms with Gasteiger partial charge in [-0.25, -0.2) is 0 Å². The summed E-state index contributed by atoms with van der Waals surface area (Å²) in [4.78, 5) is 0. The molecule has 1 nitrogen and oxygen atoms in total. The van der Waals surface area contributed by atoms with E-state index in [4.69, 9.17) is 0 Å². The van der Waals surface area contributed by atoms with Crippen molar-refractivity contribution in [2.45, 2.75) is 76.8 Å². The first-order valence-corrected chi connectivity index (χ1v) is 7.59. The van der Waals surface area contributed by atoms with Crippen LogP contribution in [0.5, 0.6) is 0 Å². The van der Waals surface area contributed by atoms with Gasteiger partial charge >= 0.3 is 0 Å². The van der Waals surface area contributed by atoms with Crippen molar-refractivity contribution in [2.75, 3.05) is 0 Å². The number of hydrogen-bond donors (Lipinski definition) is 1. The molecular formula is C15H27N. The van der Waals surface area contributed by atoms with Crippen molar-refractivity contribution in [3.63, 3.8) is 0 Å². The summed E-state index contributed by atoms with van der Waals surface area (Å²) in [7, 11) is 0. The number of nitrogens with one attached hydrogen (secondary N) is 1. The lowest BCUT2D eigenvalue weighted by Gasteiger charge is -2.33. The molecule has 3 fully saturated rings. The third-order valence-corrected chi connectivity index (χ3v) is 5.54. The molecule has 0 radical (unpaired) electrons. The Bertz CT molecular complexity index is 232. The standard InChI is InChI=1S/C15H27N/c1-11(16-14-5-3-2-4-6-14)15-10-12-7-8-13(15)9-12/h11-16H,2-10H2,1H3. The van der Waals surface area contributed by atoms with Crippen molar-refractivity contribution in [1.82, 2.24) is 5.32 Å². The molecule has 1 heteroatoms. The van der Waals surface area contributed by atoms with Crippen molar-refractivity contribution >= 4 is 0 Å². The minimum absolute atomic E-state index is 0.790. The van der Waals surface area contributed by atoms with Gasteiger partial charge in [-0.2, -0.15) is 0 Å². The molecule has 1 N–H and O–H groups in total. The van der Waals surface area contributed by atoms with Crippen LogP contribution in [-0.4, -0.2) is 12.1 Å². The van der Waals surface area contributed by atoms with Gasteiger partial charge in [0.1, 0.15) is 0 Å². The summed E-state index contributed by atoms with van der Waals surface area (Å²) in [5, 5.41) is 3.95. The van der Waals surface area contributed by atoms with E-state index in [1.807, 2.05) is 0 Å². The highest BCUT2D eigenvalue weighted by atomic mass is 15.0. The van der Waals surface area contributed by atoms with Crippen LogP contribution < -0.4 is 5.32 Å². The van der Waals surface area contributed by atoms with E-state index in [9.17, 15) is 0 Å². The van der Waals surface area contributed by atoms with Crippen LogP contribution in [0.2, 0.25) is 0 Å². The van der Waals surface area contributed by atoms with Crippen LogP contribution in [0.3, 0.4) is 0 Å². The third kappa shape index (κ3) is 2.16. The van der Waals surface area contributed by atoms with Crippen LogP contribution >= 0.6 is 0 Å². The zero-order chi connectivity index (χ0) is 11.0. The largest absolute Gasteiger partial charge is 0.311 e. The smallest absolute Gasteiger partial charge is 0.00723 e. The number of rotatable bonds is 3. The zero-order valence-corrected chi connectivity index (χ0v) is 10.8. The molecule has 3 rings (SSSR count). The van der Waals surface area contributed by atoms with Gasteiger partial charge in [-0.15, -0.1) is 0 Å². The van der Waals surface area contributed by atoms with Gasteiger partial charge in [0, 0.05) is 12.1 Å². The first-order valence-electron chi connectivity index (χ1n) is 7.59. The zero-order valence-electron chi connectivity index (χ0n) is 10.8. The molecule has 4 atom stereocenters. The van der Waals surface area contributed by atoms with Gasteiger partial charge in [-0.05, 0) is 56.8 Å². The van der Waals surface area contributed by atoms with Gasteiger partial charge < -0.3 is 5.32 Å². The van der Waals surface area contributed by atoms with Crippen molar-refractivity contribution in [3.8, 4) is 0 Å². The molecule has 0 saturated heterocycles. The van der Waals surface area contributed by atoms with E-state index in [-0.39, 0.29) is 0 Å². The minimum atomic E-state index is 0.790. The summed E-state index contributed by atoms with van der Waals surface area (Å²) in [5.74, 6) is 3.20. The van der Waals surface area contributed by atoms with E-state index >= 15 is 0 Å². The maximum Gasteiger partial charge on any atom is 0.00723 e. The van der Waals surface area contributed by atoms with Crippen molar-refractivity contribution in [1.29, 1.82) is 0 Å². The van der Waals surface area contributed by atoms with Crippen LogP contribution in [-0.2, 0) is 0 Å². The van der Waals surface area contributed by atoms with Crippen LogP contribution in [0.25, 0.3) is 0 Å². The van der Waals surface area contributed by atoms with Crippen molar-refractivity contribution in [3.05, 3.63) is 0 Å². The van der Waals surface area contributed by atoms with Crippen LogP contribution in [0.4, 0.5) is 0 Å². The summed E-state index contributed by atoms with van der Waals surface area (Å²) in [6.07, 6.45) is 13.4. The van der Waals surface area contributed by atoms with E-state index in [1.54, 1.807) is 6.42 Å². The van der Waals surface area contributed by atoms with Gasteiger partial charge in [-0.3, -0.25) is 0 Å². The fourth-order valence-electron chi connectivity index (χ4n) is 4.67. The molecule has 92 valence electrons. The second kappa shape index (κ2) is 4.68. The summed E-state index contributed by atoms with van der Waals surface area (Å²) >= 11 is 0. The van der Waals surface area contributed by atoms with E-state index in [1.165, 1.54) is 51.4 Å². The van der Waals surface area contributed by atoms with Gasteiger partial charge in [0.05, 0.1) is 0 Å². The maximum atomic E-state index is 3.95. The molecule has 3 saturated carbocycles. The molecule has 3 aliphatic carbocycles. The van der Waals surface area contributed by atoms with Crippen molar-refractivity contribution < 1.29 is 0 Å². The van der Waals surface area contributed by atoms with E-state index < -0.39 is 0 Å². The normalized spacial score (nSPS) is 41.4. The van der Waals surface area contributed by atoms with E-state index in [0.717, 1.165) is 29.8 Å². The SMILES string of the molecule is CC(NC1CCCCC1)C1CC2CCC1C2. The average molecular weight is 221 g/mol. The van der Waals surface area contributed by atoms with E-state index in [0.29, 0.717) is 0 Å². The highest BCUT2D eigenvalue weighted by molar-refractivity contribution is 4.94. The number of fused-ring (bicyclic) bond motifs is 2. The molecule has 0 aromatic carbocycles. The molecule has 0 aromatic rings. The fraction of sp³-hybridized carbons (Fsp3) is 1.00. The van der Waals surface area contributed by atoms with Gasteiger partial charge in [-0.1, -0.05) is 25.7 Å². The lowest BCUT2D eigenvalue weighted by atomic mass is 9.83. The second-order valence-electron chi connectivity index (χ2n) is 6.63. The minimum Gasteiger partial charge on any atom is -0.311 e. The molecule has 2 bridgehead atoms. The summed E-state index contributed by atoms with van der Waals surface area (Å²) in [6.45, 7) is 2.46. The Morgan fingerprint density at radius 1 is 0.938 bits per heavy atom. The highest BCUT2D eigenvalue weighted by Gasteiger charge is 2.41. The second-order valence-corrected chi connectivity index (χ2v) is 6.63. The van der Waals surface area contributed by atoms with E-state index in [2.05, 4.69) is 12.2 Å². The van der Waals surface area contributed by atoms with Gasteiger partial charge in [0.15, 0.2) is 0 Å². The molecule has 3 aliphatic rings. The Labute approximate surface area is 100 Å². The first kappa shape index (κ1) is 11.1. The molecule has 0 heterocycles. The highest BCUT2D eigenvalue weighted by Crippen LogP contribution is 2.49. The Balaban J connectivity index is 1.51. The van der Waals surface area contributed by atoms with Crippen molar-refractivity contribution in [2.24, 2.45) is 17.8 Å². The monoisotopic (exact) mass is 221 g/mol. The summed E-state index contributed by atoms with van der Waals surface area (Å²) in [6, 6.07) is 1.64. The Kier molecular flexibility index (Phi) is 3.24.